The van der Waals surface area contributed by atoms with Crippen LogP contribution in [-0.2, 0) is 11.3 Å². The Morgan fingerprint density at radius 2 is 2.04 bits per heavy atom. The van der Waals surface area contributed by atoms with E-state index in [1.165, 1.54) is 6.07 Å². The van der Waals surface area contributed by atoms with Gasteiger partial charge in [-0.1, -0.05) is 18.2 Å². The van der Waals surface area contributed by atoms with E-state index >= 15 is 0 Å². The number of guanidine groups is 1. The lowest BCUT2D eigenvalue weighted by atomic mass is 10.2. The minimum atomic E-state index is -2.87. The molecule has 0 heterocycles. The van der Waals surface area contributed by atoms with Crippen molar-refractivity contribution in [2.45, 2.75) is 51.8 Å². The molecule has 0 atom stereocenters. The summed E-state index contributed by atoms with van der Waals surface area (Å²) in [4.78, 5) is 16.0. The minimum Gasteiger partial charge on any atom is -0.434 e. The van der Waals surface area contributed by atoms with Crippen LogP contribution in [0.15, 0.2) is 29.3 Å². The fraction of sp³-hybridized carbons (Fsp3) is 0.556. The van der Waals surface area contributed by atoms with Gasteiger partial charge in [-0.25, -0.2) is 4.99 Å². The Morgan fingerprint density at radius 1 is 1.30 bits per heavy atom. The van der Waals surface area contributed by atoms with Crippen molar-refractivity contribution in [2.24, 2.45) is 4.99 Å². The first-order valence-electron chi connectivity index (χ1n) is 8.92. The maximum atomic E-state index is 12.5. The number of nitrogens with zero attached hydrogens (tertiary/aromatic N) is 1. The van der Waals surface area contributed by atoms with E-state index in [9.17, 15) is 13.6 Å². The largest absolute Gasteiger partial charge is 0.434 e. The number of nitrogens with one attached hydrogen (secondary N) is 3. The van der Waals surface area contributed by atoms with Crippen molar-refractivity contribution >= 4 is 35.8 Å². The van der Waals surface area contributed by atoms with Crippen LogP contribution in [-0.4, -0.2) is 37.6 Å². The molecule has 0 aliphatic heterocycles. The molecular formula is C18H27F2IN4O2. The van der Waals surface area contributed by atoms with Gasteiger partial charge in [-0.2, -0.15) is 8.78 Å². The summed E-state index contributed by atoms with van der Waals surface area (Å²) in [5, 5.41) is 9.19. The number of amides is 1. The molecule has 6 nitrogen and oxygen atoms in total. The number of benzene rings is 1. The van der Waals surface area contributed by atoms with Gasteiger partial charge in [0.1, 0.15) is 5.75 Å². The first-order chi connectivity index (χ1) is 12.6. The summed E-state index contributed by atoms with van der Waals surface area (Å²) >= 11 is 0. The molecular weight excluding hydrogens is 469 g/mol. The summed E-state index contributed by atoms with van der Waals surface area (Å²) in [6, 6.07) is 6.97. The van der Waals surface area contributed by atoms with Crippen LogP contribution >= 0.6 is 24.0 Å². The number of hydrogen-bond acceptors (Lipinski definition) is 3. The molecule has 0 radical (unpaired) electrons. The Hall–Kier alpha value is -1.65. The van der Waals surface area contributed by atoms with Crippen LogP contribution in [0.25, 0.3) is 0 Å². The third-order valence-electron chi connectivity index (χ3n) is 3.76. The molecule has 1 fully saturated rings. The highest BCUT2D eigenvalue weighted by atomic mass is 127. The van der Waals surface area contributed by atoms with Gasteiger partial charge in [0.25, 0.3) is 0 Å². The summed E-state index contributed by atoms with van der Waals surface area (Å²) in [5.74, 6) is 0.773. The number of para-hydroxylation sites is 1. The van der Waals surface area contributed by atoms with Gasteiger partial charge in [0.15, 0.2) is 5.96 Å². The number of carbonyl (C=O) groups excluding carboxylic acids is 1. The van der Waals surface area contributed by atoms with E-state index in [0.29, 0.717) is 43.5 Å². The van der Waals surface area contributed by atoms with E-state index in [1.54, 1.807) is 18.2 Å². The van der Waals surface area contributed by atoms with Gasteiger partial charge < -0.3 is 20.7 Å². The lowest BCUT2D eigenvalue weighted by molar-refractivity contribution is -0.121. The smallest absolute Gasteiger partial charge is 0.387 e. The lowest BCUT2D eigenvalue weighted by Crippen LogP contribution is -2.38. The Bertz CT molecular complexity index is 613. The zero-order valence-electron chi connectivity index (χ0n) is 15.3. The fourth-order valence-corrected chi connectivity index (χ4v) is 2.33. The van der Waals surface area contributed by atoms with Crippen LogP contribution in [0.3, 0.4) is 0 Å². The molecule has 1 aromatic carbocycles. The number of aliphatic imine (C=N–C) groups is 1. The molecule has 9 heteroatoms. The summed E-state index contributed by atoms with van der Waals surface area (Å²) in [6.07, 6.45) is 3.32. The Morgan fingerprint density at radius 3 is 2.70 bits per heavy atom. The SMILES string of the molecule is CCNC(=NCc1ccccc1OC(F)F)NCCCC(=O)NC1CC1.I. The van der Waals surface area contributed by atoms with Crippen molar-refractivity contribution in [3.8, 4) is 5.75 Å². The van der Waals surface area contributed by atoms with E-state index in [1.807, 2.05) is 6.92 Å². The normalized spacial score (nSPS) is 13.7. The number of rotatable bonds is 10. The predicted octanol–water partition coefficient (Wildman–Crippen LogP) is 3.02. The second kappa shape index (κ2) is 12.7. The quantitative estimate of drug-likeness (QED) is 0.202. The van der Waals surface area contributed by atoms with Crippen molar-refractivity contribution in [3.63, 3.8) is 0 Å². The Balaban J connectivity index is 0.00000364. The fourth-order valence-electron chi connectivity index (χ4n) is 2.33. The molecule has 2 rings (SSSR count). The number of alkyl halides is 2. The number of ether oxygens (including phenoxy) is 1. The Labute approximate surface area is 175 Å². The zero-order valence-corrected chi connectivity index (χ0v) is 17.7. The first-order valence-corrected chi connectivity index (χ1v) is 8.92. The van der Waals surface area contributed by atoms with Gasteiger partial charge in [0.2, 0.25) is 5.91 Å². The standard InChI is InChI=1S/C18H26F2N4O2.HI/c1-2-21-18(22-11-5-8-16(25)24-14-9-10-14)23-12-13-6-3-4-7-15(13)26-17(19)20;/h3-4,6-7,14,17H,2,5,8-12H2,1H3,(H,24,25)(H2,21,22,23);1H. The van der Waals surface area contributed by atoms with Crippen LogP contribution in [0, 0.1) is 0 Å². The molecule has 3 N–H and O–H groups in total. The number of halogens is 3. The molecule has 0 aromatic heterocycles. The Kier molecular flexibility index (Phi) is 11.0. The second-order valence-corrected chi connectivity index (χ2v) is 6.05. The van der Waals surface area contributed by atoms with E-state index < -0.39 is 6.61 Å². The monoisotopic (exact) mass is 496 g/mol. The van der Waals surface area contributed by atoms with Gasteiger partial charge in [-0.15, -0.1) is 24.0 Å². The highest BCUT2D eigenvalue weighted by Gasteiger charge is 2.22. The van der Waals surface area contributed by atoms with Gasteiger partial charge in [-0.05, 0) is 32.3 Å². The van der Waals surface area contributed by atoms with Crippen molar-refractivity contribution in [1.29, 1.82) is 0 Å². The molecule has 1 aliphatic rings. The van der Waals surface area contributed by atoms with Crippen LogP contribution < -0.4 is 20.7 Å². The molecule has 27 heavy (non-hydrogen) atoms. The van der Waals surface area contributed by atoms with Gasteiger partial charge in [0, 0.05) is 31.1 Å². The maximum Gasteiger partial charge on any atom is 0.387 e. The van der Waals surface area contributed by atoms with Gasteiger partial charge in [0.05, 0.1) is 6.54 Å². The molecule has 1 saturated carbocycles. The second-order valence-electron chi connectivity index (χ2n) is 6.05. The third kappa shape index (κ3) is 9.73. The van der Waals surface area contributed by atoms with Crippen LogP contribution in [0.5, 0.6) is 5.75 Å². The van der Waals surface area contributed by atoms with Crippen LogP contribution in [0.1, 0.15) is 38.2 Å². The molecule has 1 aromatic rings. The van der Waals surface area contributed by atoms with E-state index in [0.717, 1.165) is 12.8 Å². The molecule has 0 unspecified atom stereocenters. The summed E-state index contributed by atoms with van der Waals surface area (Å²) < 4.78 is 29.4. The molecule has 0 bridgehead atoms. The van der Waals surface area contributed by atoms with Crippen molar-refractivity contribution in [1.82, 2.24) is 16.0 Å². The average Bonchev–Trinajstić information content (AvgIpc) is 3.41. The van der Waals surface area contributed by atoms with E-state index in [2.05, 4.69) is 25.7 Å². The molecule has 0 saturated heterocycles. The van der Waals surface area contributed by atoms with E-state index in [4.69, 9.17) is 0 Å². The molecule has 152 valence electrons. The highest BCUT2D eigenvalue weighted by Crippen LogP contribution is 2.21. The first kappa shape index (κ1) is 23.4. The zero-order chi connectivity index (χ0) is 18.8. The lowest BCUT2D eigenvalue weighted by Gasteiger charge is -2.12. The summed E-state index contributed by atoms with van der Waals surface area (Å²) in [6.45, 7) is 0.546. The highest BCUT2D eigenvalue weighted by molar-refractivity contribution is 14.0. The predicted molar refractivity (Wildman–Crippen MR) is 112 cm³/mol. The summed E-state index contributed by atoms with van der Waals surface area (Å²) in [7, 11) is 0. The number of carbonyl (C=O) groups is 1. The van der Waals surface area contributed by atoms with Crippen molar-refractivity contribution in [2.75, 3.05) is 13.1 Å². The van der Waals surface area contributed by atoms with Crippen molar-refractivity contribution in [3.05, 3.63) is 29.8 Å². The average molecular weight is 496 g/mol. The maximum absolute atomic E-state index is 12.5. The number of hydrogen-bond donors (Lipinski definition) is 3. The van der Waals surface area contributed by atoms with Crippen LogP contribution in [0.2, 0.25) is 0 Å². The minimum absolute atomic E-state index is 0. The van der Waals surface area contributed by atoms with Crippen molar-refractivity contribution < 1.29 is 18.3 Å². The van der Waals surface area contributed by atoms with Gasteiger partial charge in [-0.3, -0.25) is 4.79 Å². The molecule has 1 aliphatic carbocycles. The van der Waals surface area contributed by atoms with Crippen LogP contribution in [0.4, 0.5) is 8.78 Å². The van der Waals surface area contributed by atoms with E-state index in [-0.39, 0.29) is 42.2 Å². The molecule has 0 spiro atoms. The van der Waals surface area contributed by atoms with Gasteiger partial charge >= 0.3 is 6.61 Å². The topological polar surface area (TPSA) is 74.8 Å². The molecule has 1 amide bonds. The third-order valence-corrected chi connectivity index (χ3v) is 3.76. The summed E-state index contributed by atoms with van der Waals surface area (Å²) in [5.41, 5.74) is 0.578.